The summed E-state index contributed by atoms with van der Waals surface area (Å²) in [5.41, 5.74) is 2.36. The van der Waals surface area contributed by atoms with Gasteiger partial charge in [0.25, 0.3) is 5.91 Å². The van der Waals surface area contributed by atoms with Gasteiger partial charge in [0.1, 0.15) is 0 Å². The first-order valence-electron chi connectivity index (χ1n) is 6.58. The topological polar surface area (TPSA) is 49.0 Å². The molecule has 98 valence electrons. The lowest BCUT2D eigenvalue weighted by molar-refractivity contribution is 0.0705. The number of H-pyrrole nitrogens is 1. The first-order valence-corrected chi connectivity index (χ1v) is 6.58. The maximum absolute atomic E-state index is 12.6. The lowest BCUT2D eigenvalue weighted by Gasteiger charge is -2.28. The summed E-state index contributed by atoms with van der Waals surface area (Å²) in [6, 6.07) is 0.365. The molecule has 4 heteroatoms. The van der Waals surface area contributed by atoms with E-state index in [-0.39, 0.29) is 5.91 Å². The summed E-state index contributed by atoms with van der Waals surface area (Å²) in [5.74, 6) is 0.0885. The van der Waals surface area contributed by atoms with Crippen molar-refractivity contribution < 1.29 is 4.79 Å². The molecule has 1 N–H and O–H groups in total. The number of amides is 1. The van der Waals surface area contributed by atoms with E-state index in [2.05, 4.69) is 16.8 Å². The van der Waals surface area contributed by atoms with Crippen LogP contribution < -0.4 is 0 Å². The monoisotopic (exact) mass is 247 g/mol. The molecule has 0 radical (unpaired) electrons. The Hall–Kier alpha value is -1.58. The third-order valence-electron chi connectivity index (χ3n) is 3.69. The Morgan fingerprint density at radius 3 is 2.67 bits per heavy atom. The minimum atomic E-state index is 0.0885. The number of carbonyl (C=O) groups is 1. The molecule has 4 nitrogen and oxygen atoms in total. The van der Waals surface area contributed by atoms with E-state index in [0.29, 0.717) is 12.6 Å². The average molecular weight is 247 g/mol. The number of nitrogens with zero attached hydrogens (tertiary/aromatic N) is 2. The fourth-order valence-electron chi connectivity index (χ4n) is 2.76. The van der Waals surface area contributed by atoms with Gasteiger partial charge in [0.15, 0.2) is 0 Å². The van der Waals surface area contributed by atoms with Gasteiger partial charge in [0.05, 0.1) is 11.3 Å². The summed E-state index contributed by atoms with van der Waals surface area (Å²) in [7, 11) is 0. The fraction of sp³-hybridized carbons (Fsp3) is 0.571. The maximum atomic E-state index is 12.6. The standard InChI is InChI=1S/C14H21N3O/c1-4-9-17(12-7-5-6-8-12)14(18)13-10(2)15-16-11(13)3/h4,12H,1,5-9H2,2-3H3,(H,15,16). The number of nitrogens with one attached hydrogen (secondary N) is 1. The second-order valence-corrected chi connectivity index (χ2v) is 4.99. The summed E-state index contributed by atoms with van der Waals surface area (Å²) in [6.45, 7) is 8.15. The molecular weight excluding hydrogens is 226 g/mol. The molecule has 1 aromatic heterocycles. The van der Waals surface area contributed by atoms with Crippen LogP contribution in [-0.4, -0.2) is 33.6 Å². The van der Waals surface area contributed by atoms with Crippen LogP contribution in [0.5, 0.6) is 0 Å². The predicted octanol–water partition coefficient (Wildman–Crippen LogP) is 2.60. The molecule has 1 saturated carbocycles. The second kappa shape index (κ2) is 5.38. The van der Waals surface area contributed by atoms with Gasteiger partial charge in [-0.3, -0.25) is 9.89 Å². The Bertz CT molecular complexity index is 424. The summed E-state index contributed by atoms with van der Waals surface area (Å²) >= 11 is 0. The summed E-state index contributed by atoms with van der Waals surface area (Å²) < 4.78 is 0. The van der Waals surface area contributed by atoms with Crippen LogP contribution in [-0.2, 0) is 0 Å². The Kier molecular flexibility index (Phi) is 3.84. The largest absolute Gasteiger partial charge is 0.332 e. The molecule has 1 aromatic rings. The zero-order chi connectivity index (χ0) is 13.1. The van der Waals surface area contributed by atoms with Crippen LogP contribution >= 0.6 is 0 Å². The SMILES string of the molecule is C=CCN(C(=O)c1c(C)n[nH]c1C)C1CCCC1. The molecule has 0 saturated heterocycles. The van der Waals surface area contributed by atoms with Gasteiger partial charge in [0, 0.05) is 18.3 Å². The van der Waals surface area contributed by atoms with Gasteiger partial charge in [-0.15, -0.1) is 6.58 Å². The van der Waals surface area contributed by atoms with E-state index >= 15 is 0 Å². The molecule has 0 unspecified atom stereocenters. The van der Waals surface area contributed by atoms with Gasteiger partial charge in [0.2, 0.25) is 0 Å². The molecule has 1 aliphatic carbocycles. The van der Waals surface area contributed by atoms with Crippen molar-refractivity contribution in [2.24, 2.45) is 0 Å². The summed E-state index contributed by atoms with van der Waals surface area (Å²) in [6.07, 6.45) is 6.45. The van der Waals surface area contributed by atoms with Crippen LogP contribution in [0.4, 0.5) is 0 Å². The quantitative estimate of drug-likeness (QED) is 0.831. The molecule has 1 aliphatic rings. The van der Waals surface area contributed by atoms with Gasteiger partial charge in [-0.2, -0.15) is 5.10 Å². The summed E-state index contributed by atoms with van der Waals surface area (Å²) in [5, 5.41) is 6.99. The first kappa shape index (κ1) is 12.9. The highest BCUT2D eigenvalue weighted by atomic mass is 16.2. The van der Waals surface area contributed by atoms with Crippen LogP contribution in [0.1, 0.15) is 47.4 Å². The highest BCUT2D eigenvalue weighted by Gasteiger charge is 2.28. The van der Waals surface area contributed by atoms with Crippen LogP contribution in [0.2, 0.25) is 0 Å². The van der Waals surface area contributed by atoms with E-state index in [9.17, 15) is 4.79 Å². The zero-order valence-electron chi connectivity index (χ0n) is 11.2. The molecule has 1 amide bonds. The number of carbonyl (C=O) groups excluding carboxylic acids is 1. The van der Waals surface area contributed by atoms with Crippen molar-refractivity contribution in [3.05, 3.63) is 29.6 Å². The van der Waals surface area contributed by atoms with E-state index < -0.39 is 0 Å². The number of hydrogen-bond donors (Lipinski definition) is 1. The van der Waals surface area contributed by atoms with Crippen LogP contribution in [0.25, 0.3) is 0 Å². The van der Waals surface area contributed by atoms with Crippen molar-refractivity contribution >= 4 is 5.91 Å². The zero-order valence-corrected chi connectivity index (χ0v) is 11.2. The molecule has 0 bridgehead atoms. The number of hydrogen-bond acceptors (Lipinski definition) is 2. The van der Waals surface area contributed by atoms with Gasteiger partial charge >= 0.3 is 0 Å². The molecule has 0 aliphatic heterocycles. The molecule has 0 spiro atoms. The van der Waals surface area contributed by atoms with Crippen molar-refractivity contribution in [2.45, 2.75) is 45.6 Å². The summed E-state index contributed by atoms with van der Waals surface area (Å²) in [4.78, 5) is 14.6. The number of aromatic nitrogens is 2. The van der Waals surface area contributed by atoms with E-state index in [1.54, 1.807) is 6.08 Å². The van der Waals surface area contributed by atoms with Gasteiger partial charge < -0.3 is 4.90 Å². The predicted molar refractivity (Wildman–Crippen MR) is 71.6 cm³/mol. The lowest BCUT2D eigenvalue weighted by Crippen LogP contribution is -2.39. The Labute approximate surface area is 108 Å². The smallest absolute Gasteiger partial charge is 0.258 e. The maximum Gasteiger partial charge on any atom is 0.258 e. The Morgan fingerprint density at radius 2 is 2.17 bits per heavy atom. The van der Waals surface area contributed by atoms with E-state index in [1.165, 1.54) is 12.8 Å². The molecule has 0 atom stereocenters. The number of aromatic amines is 1. The van der Waals surface area contributed by atoms with Crippen molar-refractivity contribution in [2.75, 3.05) is 6.54 Å². The molecular formula is C14H21N3O. The van der Waals surface area contributed by atoms with Crippen molar-refractivity contribution in [1.29, 1.82) is 0 Å². The van der Waals surface area contributed by atoms with E-state index in [4.69, 9.17) is 0 Å². The molecule has 1 heterocycles. The highest BCUT2D eigenvalue weighted by molar-refractivity contribution is 5.96. The first-order chi connectivity index (χ1) is 8.65. The van der Waals surface area contributed by atoms with E-state index in [0.717, 1.165) is 29.8 Å². The van der Waals surface area contributed by atoms with Crippen molar-refractivity contribution in [1.82, 2.24) is 15.1 Å². The van der Waals surface area contributed by atoms with Gasteiger partial charge in [-0.05, 0) is 26.7 Å². The van der Waals surface area contributed by atoms with Crippen molar-refractivity contribution in [3.63, 3.8) is 0 Å². The van der Waals surface area contributed by atoms with Gasteiger partial charge in [-0.1, -0.05) is 18.9 Å². The minimum Gasteiger partial charge on any atom is -0.332 e. The Balaban J connectivity index is 2.25. The number of rotatable bonds is 4. The average Bonchev–Trinajstić information content (AvgIpc) is 2.96. The molecule has 1 fully saturated rings. The molecule has 0 aromatic carbocycles. The Morgan fingerprint density at radius 1 is 1.50 bits per heavy atom. The highest BCUT2D eigenvalue weighted by Crippen LogP contribution is 2.25. The van der Waals surface area contributed by atoms with Crippen LogP contribution in [0.15, 0.2) is 12.7 Å². The van der Waals surface area contributed by atoms with Gasteiger partial charge in [-0.25, -0.2) is 0 Å². The normalized spacial score (nSPS) is 15.9. The van der Waals surface area contributed by atoms with Crippen LogP contribution in [0.3, 0.4) is 0 Å². The minimum absolute atomic E-state index is 0.0885. The third kappa shape index (κ3) is 2.33. The molecule has 18 heavy (non-hydrogen) atoms. The number of aryl methyl sites for hydroxylation is 2. The van der Waals surface area contributed by atoms with Crippen LogP contribution in [0, 0.1) is 13.8 Å². The second-order valence-electron chi connectivity index (χ2n) is 4.99. The third-order valence-corrected chi connectivity index (χ3v) is 3.69. The molecule has 2 rings (SSSR count). The van der Waals surface area contributed by atoms with Crippen molar-refractivity contribution in [3.8, 4) is 0 Å². The van der Waals surface area contributed by atoms with E-state index in [1.807, 2.05) is 18.7 Å². The lowest BCUT2D eigenvalue weighted by atomic mass is 10.1. The fourth-order valence-corrected chi connectivity index (χ4v) is 2.76.